The van der Waals surface area contributed by atoms with Gasteiger partial charge in [0, 0.05) is 12.6 Å². The lowest BCUT2D eigenvalue weighted by atomic mass is 9.98. The summed E-state index contributed by atoms with van der Waals surface area (Å²) in [6.07, 6.45) is 8.65. The second-order valence-corrected chi connectivity index (χ2v) is 5.82. The fraction of sp³-hybridized carbons (Fsp3) is 0.929. The Morgan fingerprint density at radius 2 is 2.12 bits per heavy atom. The molecule has 2 atom stereocenters. The Morgan fingerprint density at radius 3 is 2.76 bits per heavy atom. The van der Waals surface area contributed by atoms with Gasteiger partial charge in [-0.2, -0.15) is 5.26 Å². The molecule has 96 valence electrons. The molecule has 2 fully saturated rings. The van der Waals surface area contributed by atoms with Crippen LogP contribution in [0, 0.1) is 11.3 Å². The van der Waals surface area contributed by atoms with Gasteiger partial charge in [0.1, 0.15) is 0 Å². The van der Waals surface area contributed by atoms with Crippen LogP contribution < -0.4 is 0 Å². The highest BCUT2D eigenvalue weighted by Gasteiger charge is 2.42. The third-order valence-electron chi connectivity index (χ3n) is 4.48. The van der Waals surface area contributed by atoms with Gasteiger partial charge in [-0.15, -0.1) is 0 Å². The van der Waals surface area contributed by atoms with Gasteiger partial charge >= 0.3 is 0 Å². The number of nitriles is 1. The number of hydrogen-bond donors (Lipinski definition) is 0. The van der Waals surface area contributed by atoms with E-state index in [0.29, 0.717) is 18.6 Å². The molecule has 3 heteroatoms. The lowest BCUT2D eigenvalue weighted by Gasteiger charge is -2.28. The van der Waals surface area contributed by atoms with Crippen LogP contribution in [0.25, 0.3) is 0 Å². The molecule has 1 saturated carbocycles. The molecule has 2 rings (SSSR count). The quantitative estimate of drug-likeness (QED) is 0.753. The smallest absolute Gasteiger partial charge is 0.0710 e. The van der Waals surface area contributed by atoms with E-state index >= 15 is 0 Å². The maximum absolute atomic E-state index is 8.71. The van der Waals surface area contributed by atoms with Crippen molar-refractivity contribution in [1.82, 2.24) is 4.90 Å². The van der Waals surface area contributed by atoms with Crippen molar-refractivity contribution in [1.29, 1.82) is 5.26 Å². The van der Waals surface area contributed by atoms with Crippen LogP contribution in [0.5, 0.6) is 0 Å². The van der Waals surface area contributed by atoms with Gasteiger partial charge < -0.3 is 9.64 Å². The summed E-state index contributed by atoms with van der Waals surface area (Å²) in [5.41, 5.74) is 0.240. The zero-order valence-corrected chi connectivity index (χ0v) is 11.1. The van der Waals surface area contributed by atoms with Crippen LogP contribution in [0.15, 0.2) is 0 Å². The molecule has 0 bridgehead atoms. The minimum atomic E-state index is 0.240. The molecule has 2 unspecified atom stereocenters. The predicted octanol–water partition coefficient (Wildman–Crippen LogP) is 2.71. The number of hydrogen-bond acceptors (Lipinski definition) is 3. The Bertz CT molecular complexity index is 291. The molecule has 1 heterocycles. The van der Waals surface area contributed by atoms with Crippen LogP contribution in [0.2, 0.25) is 0 Å². The summed E-state index contributed by atoms with van der Waals surface area (Å²) in [4.78, 5) is 2.27. The van der Waals surface area contributed by atoms with Gasteiger partial charge in [0.25, 0.3) is 0 Å². The third-order valence-corrected chi connectivity index (χ3v) is 4.48. The van der Waals surface area contributed by atoms with Crippen LogP contribution in [0.3, 0.4) is 0 Å². The number of likely N-dealkylation sites (N-methyl/N-ethyl adjacent to an activating group) is 1. The van der Waals surface area contributed by atoms with E-state index in [1.165, 1.54) is 38.5 Å². The van der Waals surface area contributed by atoms with Crippen LogP contribution >= 0.6 is 0 Å². The lowest BCUT2D eigenvalue weighted by molar-refractivity contribution is -0.0477. The summed E-state index contributed by atoms with van der Waals surface area (Å²) in [6.45, 7) is 3.09. The zero-order chi connectivity index (χ0) is 12.3. The highest BCUT2D eigenvalue weighted by atomic mass is 16.5. The minimum absolute atomic E-state index is 0.240. The first-order valence-corrected chi connectivity index (χ1v) is 6.90. The Kier molecular flexibility index (Phi) is 4.06. The fourth-order valence-electron chi connectivity index (χ4n) is 3.20. The first-order valence-electron chi connectivity index (χ1n) is 6.90. The molecule has 0 N–H and O–H groups in total. The second kappa shape index (κ2) is 5.37. The second-order valence-electron chi connectivity index (χ2n) is 5.82. The van der Waals surface area contributed by atoms with Crippen LogP contribution in [-0.2, 0) is 4.74 Å². The predicted molar refractivity (Wildman–Crippen MR) is 67.6 cm³/mol. The van der Waals surface area contributed by atoms with Crippen LogP contribution in [0.4, 0.5) is 0 Å². The SMILES string of the molecule is CC(CC#N)N(C)CC1CCC2(CCCC2)O1. The van der Waals surface area contributed by atoms with Gasteiger partial charge in [-0.1, -0.05) is 12.8 Å². The van der Waals surface area contributed by atoms with Crippen LogP contribution in [0.1, 0.15) is 51.9 Å². The number of nitrogens with zero attached hydrogens (tertiary/aromatic N) is 2. The Hall–Kier alpha value is -0.590. The summed E-state index contributed by atoms with van der Waals surface area (Å²) in [7, 11) is 2.10. The van der Waals surface area contributed by atoms with Gasteiger partial charge in [-0.05, 0) is 39.7 Å². The van der Waals surface area contributed by atoms with Crippen molar-refractivity contribution < 1.29 is 4.74 Å². The normalized spacial score (nSPS) is 28.7. The van der Waals surface area contributed by atoms with E-state index in [1.54, 1.807) is 0 Å². The highest BCUT2D eigenvalue weighted by molar-refractivity contribution is 4.93. The molecular formula is C14H24N2O. The largest absolute Gasteiger partial charge is 0.370 e. The summed E-state index contributed by atoms with van der Waals surface area (Å²) < 4.78 is 6.28. The third kappa shape index (κ3) is 3.00. The summed E-state index contributed by atoms with van der Waals surface area (Å²) in [6, 6.07) is 2.58. The highest BCUT2D eigenvalue weighted by Crippen LogP contribution is 2.43. The number of rotatable bonds is 4. The van der Waals surface area contributed by atoms with E-state index < -0.39 is 0 Å². The standard InChI is InChI=1S/C14H24N2O/c1-12(6-10-15)16(2)11-13-5-9-14(17-13)7-3-4-8-14/h12-13H,3-9,11H2,1-2H3. The monoisotopic (exact) mass is 236 g/mol. The average molecular weight is 236 g/mol. The first kappa shape index (κ1) is 12.9. The van der Waals surface area contributed by atoms with Crippen molar-refractivity contribution in [2.24, 2.45) is 0 Å². The molecule has 0 aromatic heterocycles. The molecule has 2 aliphatic rings. The Morgan fingerprint density at radius 1 is 1.41 bits per heavy atom. The summed E-state index contributed by atoms with van der Waals surface area (Å²) in [5, 5.41) is 8.71. The van der Waals surface area contributed by atoms with Crippen molar-refractivity contribution >= 4 is 0 Å². The molecule has 0 aromatic rings. The minimum Gasteiger partial charge on any atom is -0.370 e. The van der Waals surface area contributed by atoms with E-state index in [-0.39, 0.29) is 5.60 Å². The topological polar surface area (TPSA) is 36.3 Å². The van der Waals surface area contributed by atoms with Crippen molar-refractivity contribution in [2.45, 2.75) is 69.6 Å². The van der Waals surface area contributed by atoms with E-state index in [9.17, 15) is 0 Å². The fourth-order valence-corrected chi connectivity index (χ4v) is 3.20. The van der Waals surface area contributed by atoms with Gasteiger partial charge in [0.2, 0.25) is 0 Å². The molecule has 3 nitrogen and oxygen atoms in total. The van der Waals surface area contributed by atoms with E-state index in [0.717, 1.165) is 6.54 Å². The van der Waals surface area contributed by atoms with Gasteiger partial charge in [-0.25, -0.2) is 0 Å². The molecular weight excluding hydrogens is 212 g/mol. The summed E-state index contributed by atoms with van der Waals surface area (Å²) in [5.74, 6) is 0. The molecule has 0 aromatic carbocycles. The molecule has 0 amide bonds. The maximum Gasteiger partial charge on any atom is 0.0710 e. The number of ether oxygens (including phenoxy) is 1. The van der Waals surface area contributed by atoms with Gasteiger partial charge in [-0.3, -0.25) is 0 Å². The maximum atomic E-state index is 8.71. The molecule has 17 heavy (non-hydrogen) atoms. The van der Waals surface area contributed by atoms with Crippen molar-refractivity contribution in [3.63, 3.8) is 0 Å². The first-order chi connectivity index (χ1) is 8.15. The molecule has 1 spiro atoms. The van der Waals surface area contributed by atoms with E-state index in [4.69, 9.17) is 10.00 Å². The molecule has 0 radical (unpaired) electrons. The van der Waals surface area contributed by atoms with Crippen molar-refractivity contribution in [3.8, 4) is 6.07 Å². The molecule has 1 saturated heterocycles. The van der Waals surface area contributed by atoms with E-state index in [1.807, 2.05) is 0 Å². The van der Waals surface area contributed by atoms with Gasteiger partial charge in [0.05, 0.1) is 24.2 Å². The molecule has 1 aliphatic heterocycles. The average Bonchev–Trinajstić information content (AvgIpc) is 2.90. The Balaban J connectivity index is 1.79. The van der Waals surface area contributed by atoms with Gasteiger partial charge in [0.15, 0.2) is 0 Å². The summed E-state index contributed by atoms with van der Waals surface area (Å²) >= 11 is 0. The van der Waals surface area contributed by atoms with Crippen molar-refractivity contribution in [2.75, 3.05) is 13.6 Å². The molecule has 1 aliphatic carbocycles. The zero-order valence-electron chi connectivity index (χ0n) is 11.1. The lowest BCUT2D eigenvalue weighted by Crippen LogP contribution is -2.37. The van der Waals surface area contributed by atoms with Crippen LogP contribution in [-0.4, -0.2) is 36.2 Å². The Labute approximate surface area is 105 Å². The van der Waals surface area contributed by atoms with E-state index in [2.05, 4.69) is 24.9 Å². The van der Waals surface area contributed by atoms with Crippen molar-refractivity contribution in [3.05, 3.63) is 0 Å².